The summed E-state index contributed by atoms with van der Waals surface area (Å²) in [7, 11) is 1.77. The van der Waals surface area contributed by atoms with Gasteiger partial charge in [0.2, 0.25) is 11.7 Å². The molecule has 0 fully saturated rings. The first-order chi connectivity index (χ1) is 12.7. The van der Waals surface area contributed by atoms with E-state index in [0.29, 0.717) is 17.4 Å². The molecule has 7 heteroatoms. The first kappa shape index (κ1) is 16.5. The highest BCUT2D eigenvalue weighted by atomic mass is 16.5. The predicted molar refractivity (Wildman–Crippen MR) is 95.5 cm³/mol. The van der Waals surface area contributed by atoms with Crippen LogP contribution in [-0.4, -0.2) is 25.8 Å². The number of carbonyl (C=O) groups is 1. The van der Waals surface area contributed by atoms with E-state index in [1.54, 1.807) is 24.0 Å². The highest BCUT2D eigenvalue weighted by molar-refractivity contribution is 5.92. The Balaban J connectivity index is 1.58. The van der Waals surface area contributed by atoms with Gasteiger partial charge in [0.15, 0.2) is 0 Å². The van der Waals surface area contributed by atoms with Gasteiger partial charge < -0.3 is 9.84 Å². The Morgan fingerprint density at radius 1 is 1.38 bits per heavy atom. The van der Waals surface area contributed by atoms with Crippen LogP contribution in [0.2, 0.25) is 0 Å². The number of aromatic nitrogens is 4. The molecule has 0 saturated heterocycles. The standard InChI is InChI=1S/C19H21N5O2/c1-3-17-22-18(23-26-17)13-7-8-14-12(11-13)5-4-6-15(14)21-19(25)16-9-10-20-24(16)2/h7-11,15H,3-6H2,1-2H3,(H,21,25). The van der Waals surface area contributed by atoms with E-state index in [1.807, 2.05) is 13.0 Å². The number of rotatable bonds is 4. The molecule has 0 saturated carbocycles. The van der Waals surface area contributed by atoms with Crippen molar-refractivity contribution in [1.29, 1.82) is 0 Å². The Bertz CT molecular complexity index is 943. The maximum atomic E-state index is 12.5. The molecule has 2 heterocycles. The average molecular weight is 351 g/mol. The molecule has 1 aliphatic rings. The van der Waals surface area contributed by atoms with Gasteiger partial charge in [0.1, 0.15) is 5.69 Å². The molecule has 7 nitrogen and oxygen atoms in total. The minimum Gasteiger partial charge on any atom is -0.344 e. The van der Waals surface area contributed by atoms with Crippen molar-refractivity contribution >= 4 is 5.91 Å². The number of nitrogens with zero attached hydrogens (tertiary/aromatic N) is 4. The van der Waals surface area contributed by atoms with E-state index in [9.17, 15) is 4.79 Å². The lowest BCUT2D eigenvalue weighted by molar-refractivity contribution is 0.0923. The van der Waals surface area contributed by atoms with Crippen LogP contribution in [0.4, 0.5) is 0 Å². The van der Waals surface area contributed by atoms with E-state index < -0.39 is 0 Å². The van der Waals surface area contributed by atoms with E-state index >= 15 is 0 Å². The molecule has 0 radical (unpaired) electrons. The highest BCUT2D eigenvalue weighted by Gasteiger charge is 2.24. The number of aryl methyl sites for hydroxylation is 3. The van der Waals surface area contributed by atoms with Crippen LogP contribution in [0.25, 0.3) is 11.4 Å². The summed E-state index contributed by atoms with van der Waals surface area (Å²) in [5, 5.41) is 11.3. The molecule has 1 aromatic carbocycles. The van der Waals surface area contributed by atoms with Crippen molar-refractivity contribution in [2.75, 3.05) is 0 Å². The number of fused-ring (bicyclic) bond motifs is 1. The third kappa shape index (κ3) is 3.00. The zero-order valence-corrected chi connectivity index (χ0v) is 14.9. The summed E-state index contributed by atoms with van der Waals surface area (Å²) in [6, 6.07) is 7.91. The monoisotopic (exact) mass is 351 g/mol. The molecule has 1 amide bonds. The van der Waals surface area contributed by atoms with Crippen molar-refractivity contribution in [3.63, 3.8) is 0 Å². The number of hydrogen-bond acceptors (Lipinski definition) is 5. The molecule has 0 bridgehead atoms. The van der Waals surface area contributed by atoms with Crippen molar-refractivity contribution in [3.05, 3.63) is 53.2 Å². The van der Waals surface area contributed by atoms with E-state index in [0.717, 1.165) is 36.8 Å². The molecule has 1 atom stereocenters. The molecule has 0 aliphatic heterocycles. The summed E-state index contributed by atoms with van der Waals surface area (Å²) in [5.74, 6) is 1.16. The number of amides is 1. The first-order valence-electron chi connectivity index (χ1n) is 8.90. The quantitative estimate of drug-likeness (QED) is 0.781. The lowest BCUT2D eigenvalue weighted by Crippen LogP contribution is -2.32. The molecule has 26 heavy (non-hydrogen) atoms. The topological polar surface area (TPSA) is 85.8 Å². The van der Waals surface area contributed by atoms with Crippen LogP contribution in [0, 0.1) is 0 Å². The summed E-state index contributed by atoms with van der Waals surface area (Å²) < 4.78 is 6.80. The largest absolute Gasteiger partial charge is 0.344 e. The van der Waals surface area contributed by atoms with E-state index in [4.69, 9.17) is 4.52 Å². The minimum atomic E-state index is -0.0994. The Kier molecular flexibility index (Phi) is 4.28. The van der Waals surface area contributed by atoms with Gasteiger partial charge in [-0.2, -0.15) is 10.1 Å². The van der Waals surface area contributed by atoms with Gasteiger partial charge >= 0.3 is 0 Å². The van der Waals surface area contributed by atoms with E-state index in [2.05, 4.69) is 32.7 Å². The van der Waals surface area contributed by atoms with E-state index in [-0.39, 0.29) is 11.9 Å². The SMILES string of the molecule is CCc1nc(-c2ccc3c(c2)CCCC3NC(=O)c2ccnn2C)no1. The summed E-state index contributed by atoms with van der Waals surface area (Å²) in [4.78, 5) is 16.9. The van der Waals surface area contributed by atoms with Gasteiger partial charge in [0.05, 0.1) is 6.04 Å². The Hall–Kier alpha value is -2.96. The zero-order valence-electron chi connectivity index (χ0n) is 14.9. The van der Waals surface area contributed by atoms with Crippen molar-refractivity contribution < 1.29 is 9.32 Å². The fourth-order valence-electron chi connectivity index (χ4n) is 3.45. The number of carbonyl (C=O) groups excluding carboxylic acids is 1. The molecule has 1 N–H and O–H groups in total. The first-order valence-corrected chi connectivity index (χ1v) is 8.90. The van der Waals surface area contributed by atoms with Gasteiger partial charge in [-0.25, -0.2) is 0 Å². The molecule has 0 spiro atoms. The second-order valence-corrected chi connectivity index (χ2v) is 6.54. The Labute approximate surface area is 151 Å². The lowest BCUT2D eigenvalue weighted by Gasteiger charge is -2.26. The maximum Gasteiger partial charge on any atom is 0.270 e. The summed E-state index contributed by atoms with van der Waals surface area (Å²) >= 11 is 0. The lowest BCUT2D eigenvalue weighted by atomic mass is 9.86. The predicted octanol–water partition coefficient (Wildman–Crippen LogP) is 2.84. The van der Waals surface area contributed by atoms with Crippen molar-refractivity contribution in [1.82, 2.24) is 25.2 Å². The van der Waals surface area contributed by atoms with Gasteiger partial charge in [0, 0.05) is 25.2 Å². The maximum absolute atomic E-state index is 12.5. The van der Waals surface area contributed by atoms with Crippen LogP contribution < -0.4 is 5.32 Å². The molecule has 1 unspecified atom stereocenters. The van der Waals surface area contributed by atoms with Gasteiger partial charge in [-0.1, -0.05) is 24.2 Å². The van der Waals surface area contributed by atoms with Gasteiger partial charge in [-0.05, 0) is 42.5 Å². The van der Waals surface area contributed by atoms with Gasteiger partial charge in [-0.3, -0.25) is 9.48 Å². The minimum absolute atomic E-state index is 0.00618. The highest BCUT2D eigenvalue weighted by Crippen LogP contribution is 2.32. The van der Waals surface area contributed by atoms with Crippen molar-refractivity contribution in [3.8, 4) is 11.4 Å². The molecule has 3 aromatic rings. The third-order valence-electron chi connectivity index (χ3n) is 4.84. The molecule has 1 aliphatic carbocycles. The summed E-state index contributed by atoms with van der Waals surface area (Å²) in [6.07, 6.45) is 5.29. The number of hydrogen-bond donors (Lipinski definition) is 1. The Morgan fingerprint density at radius 2 is 2.27 bits per heavy atom. The molecular weight excluding hydrogens is 330 g/mol. The Morgan fingerprint density at radius 3 is 3.00 bits per heavy atom. The van der Waals surface area contributed by atoms with Crippen LogP contribution in [0.5, 0.6) is 0 Å². The normalized spacial score (nSPS) is 16.3. The fraction of sp³-hybridized carbons (Fsp3) is 0.368. The average Bonchev–Trinajstić information content (AvgIpc) is 3.30. The number of nitrogens with one attached hydrogen (secondary N) is 1. The van der Waals surface area contributed by atoms with Crippen molar-refractivity contribution in [2.45, 2.75) is 38.6 Å². The van der Waals surface area contributed by atoms with Crippen LogP contribution in [0.3, 0.4) is 0 Å². The second-order valence-electron chi connectivity index (χ2n) is 6.54. The van der Waals surface area contributed by atoms with Crippen LogP contribution in [-0.2, 0) is 19.9 Å². The molecule has 134 valence electrons. The summed E-state index contributed by atoms with van der Waals surface area (Å²) in [5.41, 5.74) is 3.90. The zero-order chi connectivity index (χ0) is 18.1. The molecule has 2 aromatic heterocycles. The van der Waals surface area contributed by atoms with Gasteiger partial charge in [-0.15, -0.1) is 0 Å². The molecular formula is C19H21N5O2. The van der Waals surface area contributed by atoms with Gasteiger partial charge in [0.25, 0.3) is 5.91 Å². The third-order valence-corrected chi connectivity index (χ3v) is 4.84. The molecule has 4 rings (SSSR count). The van der Waals surface area contributed by atoms with E-state index in [1.165, 1.54) is 5.56 Å². The van der Waals surface area contributed by atoms with Crippen LogP contribution in [0.15, 0.2) is 35.0 Å². The fourth-order valence-corrected chi connectivity index (χ4v) is 3.45. The summed E-state index contributed by atoms with van der Waals surface area (Å²) in [6.45, 7) is 1.99. The number of benzene rings is 1. The van der Waals surface area contributed by atoms with Crippen LogP contribution >= 0.6 is 0 Å². The second kappa shape index (κ2) is 6.74. The van der Waals surface area contributed by atoms with Crippen LogP contribution in [0.1, 0.15) is 53.3 Å². The van der Waals surface area contributed by atoms with Crippen molar-refractivity contribution in [2.24, 2.45) is 7.05 Å². The smallest absolute Gasteiger partial charge is 0.270 e.